The van der Waals surface area contributed by atoms with Gasteiger partial charge in [-0.1, -0.05) is 12.1 Å². The predicted octanol–water partition coefficient (Wildman–Crippen LogP) is 4.16. The number of anilines is 2. The van der Waals surface area contributed by atoms with Crippen molar-refractivity contribution >= 4 is 43.9 Å². The van der Waals surface area contributed by atoms with E-state index >= 15 is 0 Å². The van der Waals surface area contributed by atoms with Crippen LogP contribution in [0.5, 0.6) is 0 Å². The number of rotatable bonds is 8. The summed E-state index contributed by atoms with van der Waals surface area (Å²) in [5.74, 6) is -0.411. The lowest BCUT2D eigenvalue weighted by molar-refractivity contribution is -0.116. The number of aromatic nitrogens is 1. The second-order valence-corrected chi connectivity index (χ2v) is 9.31. The van der Waals surface area contributed by atoms with E-state index in [9.17, 15) is 18.0 Å². The number of ketones is 1. The standard InChI is InChI=1S/C21H21N3O4S2/c1-14-3-4-16(13-15(14)2)19(25)9-10-20(26)23-17-5-7-18(8-6-17)30(27,28)24-21-22-11-12-29-21/h3-8,11-13H,9-10H2,1-2H3,(H,22,24)(H,23,26). The summed E-state index contributed by atoms with van der Waals surface area (Å²) in [4.78, 5) is 28.4. The highest BCUT2D eigenvalue weighted by Crippen LogP contribution is 2.20. The van der Waals surface area contributed by atoms with Crippen LogP contribution in [0.15, 0.2) is 58.9 Å². The Bertz CT molecular complexity index is 1160. The summed E-state index contributed by atoms with van der Waals surface area (Å²) in [5.41, 5.74) is 3.18. The van der Waals surface area contributed by atoms with E-state index in [1.165, 1.54) is 41.8 Å². The van der Waals surface area contributed by atoms with Crippen LogP contribution in [0.2, 0.25) is 0 Å². The van der Waals surface area contributed by atoms with E-state index in [1.54, 1.807) is 11.4 Å². The van der Waals surface area contributed by atoms with E-state index < -0.39 is 10.0 Å². The lowest BCUT2D eigenvalue weighted by Crippen LogP contribution is -2.15. The van der Waals surface area contributed by atoms with Crippen LogP contribution in [0, 0.1) is 13.8 Å². The Morgan fingerprint density at radius 3 is 2.37 bits per heavy atom. The highest BCUT2D eigenvalue weighted by Gasteiger charge is 2.16. The summed E-state index contributed by atoms with van der Waals surface area (Å²) in [7, 11) is -3.75. The Morgan fingerprint density at radius 2 is 1.73 bits per heavy atom. The Morgan fingerprint density at radius 1 is 1.00 bits per heavy atom. The molecule has 0 aliphatic carbocycles. The van der Waals surface area contributed by atoms with Crippen LogP contribution < -0.4 is 10.0 Å². The number of sulfonamides is 1. The monoisotopic (exact) mass is 443 g/mol. The Balaban J connectivity index is 1.55. The number of aryl methyl sites for hydroxylation is 2. The van der Waals surface area contributed by atoms with Gasteiger partial charge in [-0.3, -0.25) is 14.3 Å². The lowest BCUT2D eigenvalue weighted by atomic mass is 10.0. The minimum Gasteiger partial charge on any atom is -0.326 e. The smallest absolute Gasteiger partial charge is 0.263 e. The molecule has 0 aliphatic rings. The van der Waals surface area contributed by atoms with E-state index in [1.807, 2.05) is 26.0 Å². The van der Waals surface area contributed by atoms with Crippen molar-refractivity contribution in [3.05, 3.63) is 70.7 Å². The Labute approximate surface area is 179 Å². The fraction of sp³-hybridized carbons (Fsp3) is 0.190. The highest BCUT2D eigenvalue weighted by atomic mass is 32.2. The average molecular weight is 444 g/mol. The third-order valence-electron chi connectivity index (χ3n) is 4.51. The average Bonchev–Trinajstić information content (AvgIpc) is 3.21. The maximum Gasteiger partial charge on any atom is 0.263 e. The van der Waals surface area contributed by atoms with Gasteiger partial charge in [0.25, 0.3) is 10.0 Å². The van der Waals surface area contributed by atoms with Crippen LogP contribution in [-0.4, -0.2) is 25.1 Å². The zero-order valence-corrected chi connectivity index (χ0v) is 18.1. The van der Waals surface area contributed by atoms with Crippen molar-refractivity contribution in [1.82, 2.24) is 4.98 Å². The van der Waals surface area contributed by atoms with Gasteiger partial charge in [-0.05, 0) is 55.3 Å². The molecule has 3 aromatic rings. The first-order chi connectivity index (χ1) is 14.2. The van der Waals surface area contributed by atoms with Gasteiger partial charge in [0.05, 0.1) is 4.90 Å². The Kier molecular flexibility index (Phi) is 6.63. The molecule has 30 heavy (non-hydrogen) atoms. The molecule has 0 spiro atoms. The van der Waals surface area contributed by atoms with Gasteiger partial charge in [-0.25, -0.2) is 13.4 Å². The molecule has 1 amide bonds. The number of benzene rings is 2. The van der Waals surface area contributed by atoms with E-state index in [4.69, 9.17) is 0 Å². The molecule has 0 saturated carbocycles. The Hall–Kier alpha value is -3.04. The molecule has 1 aromatic heterocycles. The molecule has 2 N–H and O–H groups in total. The molecule has 2 aromatic carbocycles. The van der Waals surface area contributed by atoms with E-state index in [2.05, 4.69) is 15.0 Å². The van der Waals surface area contributed by atoms with Gasteiger partial charge >= 0.3 is 0 Å². The number of hydrogen-bond acceptors (Lipinski definition) is 6. The van der Waals surface area contributed by atoms with Gasteiger partial charge in [-0.2, -0.15) is 0 Å². The summed E-state index contributed by atoms with van der Waals surface area (Å²) < 4.78 is 27.0. The van der Waals surface area contributed by atoms with E-state index in [-0.39, 0.29) is 34.6 Å². The summed E-state index contributed by atoms with van der Waals surface area (Å²) in [6.07, 6.45) is 1.64. The van der Waals surface area contributed by atoms with Crippen molar-refractivity contribution in [2.24, 2.45) is 0 Å². The largest absolute Gasteiger partial charge is 0.326 e. The van der Waals surface area contributed by atoms with Gasteiger partial charge in [0, 0.05) is 35.7 Å². The molecule has 9 heteroatoms. The minimum absolute atomic E-state index is 0.0391. The van der Waals surface area contributed by atoms with Crippen molar-refractivity contribution in [2.45, 2.75) is 31.6 Å². The van der Waals surface area contributed by atoms with Crippen molar-refractivity contribution in [3.8, 4) is 0 Å². The topological polar surface area (TPSA) is 105 Å². The quantitative estimate of drug-likeness (QED) is 0.509. The number of hydrogen-bond donors (Lipinski definition) is 2. The van der Waals surface area contributed by atoms with E-state index in [0.717, 1.165) is 11.1 Å². The third kappa shape index (κ3) is 5.52. The van der Waals surface area contributed by atoms with Crippen LogP contribution >= 0.6 is 11.3 Å². The van der Waals surface area contributed by atoms with Crippen LogP contribution in [0.1, 0.15) is 34.3 Å². The molecule has 0 bridgehead atoms. The molecule has 3 rings (SSSR count). The van der Waals surface area contributed by atoms with Gasteiger partial charge in [-0.15, -0.1) is 11.3 Å². The van der Waals surface area contributed by atoms with Crippen LogP contribution in [0.25, 0.3) is 0 Å². The highest BCUT2D eigenvalue weighted by molar-refractivity contribution is 7.93. The van der Waals surface area contributed by atoms with Crippen LogP contribution in [0.4, 0.5) is 10.8 Å². The lowest BCUT2D eigenvalue weighted by Gasteiger charge is -2.08. The van der Waals surface area contributed by atoms with Gasteiger partial charge in [0.1, 0.15) is 0 Å². The molecular formula is C21H21N3O4S2. The number of carbonyl (C=O) groups excluding carboxylic acids is 2. The summed E-state index contributed by atoms with van der Waals surface area (Å²) >= 11 is 1.18. The summed E-state index contributed by atoms with van der Waals surface area (Å²) in [6, 6.07) is 11.3. The first kappa shape index (κ1) is 21.7. The molecule has 7 nitrogen and oxygen atoms in total. The van der Waals surface area contributed by atoms with Crippen molar-refractivity contribution in [2.75, 3.05) is 10.0 Å². The number of amides is 1. The fourth-order valence-electron chi connectivity index (χ4n) is 2.67. The van der Waals surface area contributed by atoms with Gasteiger partial charge in [0.2, 0.25) is 5.91 Å². The van der Waals surface area contributed by atoms with Crippen molar-refractivity contribution in [1.29, 1.82) is 0 Å². The zero-order valence-electron chi connectivity index (χ0n) is 16.5. The molecule has 0 atom stereocenters. The minimum atomic E-state index is -3.75. The molecule has 156 valence electrons. The maximum atomic E-state index is 12.3. The van der Waals surface area contributed by atoms with Crippen LogP contribution in [-0.2, 0) is 14.8 Å². The third-order valence-corrected chi connectivity index (χ3v) is 6.68. The van der Waals surface area contributed by atoms with Gasteiger partial charge < -0.3 is 5.32 Å². The molecule has 1 heterocycles. The molecule has 0 unspecified atom stereocenters. The van der Waals surface area contributed by atoms with E-state index in [0.29, 0.717) is 11.3 Å². The second kappa shape index (κ2) is 9.19. The SMILES string of the molecule is Cc1ccc(C(=O)CCC(=O)Nc2ccc(S(=O)(=O)Nc3nccs3)cc2)cc1C. The predicted molar refractivity (Wildman–Crippen MR) is 117 cm³/mol. The maximum absolute atomic E-state index is 12.3. The molecule has 0 radical (unpaired) electrons. The number of nitrogens with one attached hydrogen (secondary N) is 2. The second-order valence-electron chi connectivity index (χ2n) is 6.74. The molecule has 0 aliphatic heterocycles. The molecule has 0 saturated heterocycles. The van der Waals surface area contributed by atoms with Crippen LogP contribution in [0.3, 0.4) is 0 Å². The molecular weight excluding hydrogens is 422 g/mol. The molecule has 0 fully saturated rings. The first-order valence-electron chi connectivity index (χ1n) is 9.17. The first-order valence-corrected chi connectivity index (χ1v) is 11.5. The number of Topliss-reactive ketones (excluding diaryl/α,β-unsaturated/α-hetero) is 1. The van der Waals surface area contributed by atoms with Crippen molar-refractivity contribution < 1.29 is 18.0 Å². The normalized spacial score (nSPS) is 11.1. The number of nitrogens with zero attached hydrogens (tertiary/aromatic N) is 1. The summed E-state index contributed by atoms with van der Waals surface area (Å²) in [6.45, 7) is 3.91. The summed E-state index contributed by atoms with van der Waals surface area (Å²) in [5, 5.41) is 4.62. The fourth-order valence-corrected chi connectivity index (χ4v) is 4.46. The number of carbonyl (C=O) groups is 2. The van der Waals surface area contributed by atoms with Gasteiger partial charge in [0.15, 0.2) is 10.9 Å². The number of thiazole rings is 1. The zero-order chi connectivity index (χ0) is 21.7. The van der Waals surface area contributed by atoms with Crippen molar-refractivity contribution in [3.63, 3.8) is 0 Å².